The summed E-state index contributed by atoms with van der Waals surface area (Å²) in [6, 6.07) is 0. The van der Waals surface area contributed by atoms with Crippen molar-refractivity contribution in [3.8, 4) is 0 Å². The second-order valence-corrected chi connectivity index (χ2v) is 6.67. The van der Waals surface area contributed by atoms with Crippen LogP contribution in [0, 0.1) is 5.41 Å². The van der Waals surface area contributed by atoms with Crippen LogP contribution in [0.15, 0.2) is 0 Å². The highest BCUT2D eigenvalue weighted by Crippen LogP contribution is 2.47. The van der Waals surface area contributed by atoms with Crippen LogP contribution in [0.1, 0.15) is 27.7 Å². The topological polar surface area (TPSA) is 96.3 Å². The minimum Gasteiger partial charge on any atom is -0.467 e. The molecule has 0 aromatic rings. The Labute approximate surface area is 117 Å². The number of methoxy groups -OCH3 is 1. The number of fused-ring (bicyclic) bond motifs is 1. The third-order valence-electron chi connectivity index (χ3n) is 4.04. The minimum atomic E-state index is -2.04. The number of hydrogen-bond acceptors (Lipinski definition) is 6. The lowest BCUT2D eigenvalue weighted by Crippen LogP contribution is -2.60. The summed E-state index contributed by atoms with van der Waals surface area (Å²) in [5, 5.41) is 20.6. The third-order valence-corrected chi connectivity index (χ3v) is 4.04. The summed E-state index contributed by atoms with van der Waals surface area (Å²) in [5.41, 5.74) is -4.21. The maximum absolute atomic E-state index is 12.4. The molecule has 20 heavy (non-hydrogen) atoms. The van der Waals surface area contributed by atoms with Gasteiger partial charge in [-0.25, -0.2) is 4.79 Å². The number of aliphatic hydroxyl groups is 2. The van der Waals surface area contributed by atoms with E-state index in [9.17, 15) is 19.8 Å². The van der Waals surface area contributed by atoms with E-state index in [1.165, 1.54) is 14.0 Å². The maximum atomic E-state index is 12.4. The molecule has 114 valence electrons. The molecular weight excluding hydrogens is 266 g/mol. The van der Waals surface area contributed by atoms with Crippen LogP contribution in [0.5, 0.6) is 0 Å². The Morgan fingerprint density at radius 1 is 1.50 bits per heavy atom. The Morgan fingerprint density at radius 2 is 2.05 bits per heavy atom. The van der Waals surface area contributed by atoms with Crippen molar-refractivity contribution in [3.63, 3.8) is 0 Å². The van der Waals surface area contributed by atoms with Crippen LogP contribution in [0.3, 0.4) is 0 Å². The number of carbonyl (C=O) groups excluding carboxylic acids is 2. The van der Waals surface area contributed by atoms with E-state index in [0.717, 1.165) is 4.90 Å². The standard InChI is InChI=1S/C13H21NO6/c1-11(2,3)9-14-8(16)12(4,18)7(15)13(14,6-20-9)10(17)19-5/h7,9,15,18H,6H2,1-5H3/t7-,9+,12-,13+/m0/s1. The highest BCUT2D eigenvalue weighted by molar-refractivity contribution is 5.99. The smallest absolute Gasteiger partial charge is 0.337 e. The molecule has 2 heterocycles. The first-order valence-electron chi connectivity index (χ1n) is 6.45. The van der Waals surface area contributed by atoms with E-state index in [1.54, 1.807) is 0 Å². The van der Waals surface area contributed by atoms with Crippen LogP contribution in [0.2, 0.25) is 0 Å². The van der Waals surface area contributed by atoms with Gasteiger partial charge in [-0.05, 0) is 6.92 Å². The van der Waals surface area contributed by atoms with Crippen LogP contribution in [0.4, 0.5) is 0 Å². The van der Waals surface area contributed by atoms with Gasteiger partial charge in [0.15, 0.2) is 11.1 Å². The molecule has 0 saturated carbocycles. The summed E-state index contributed by atoms with van der Waals surface area (Å²) in [5.74, 6) is -1.52. The average Bonchev–Trinajstić information content (AvgIpc) is 2.81. The number of aliphatic hydroxyl groups excluding tert-OH is 1. The first-order chi connectivity index (χ1) is 9.01. The number of ether oxygens (including phenoxy) is 2. The van der Waals surface area contributed by atoms with E-state index < -0.39 is 40.8 Å². The Bertz CT molecular complexity index is 454. The lowest BCUT2D eigenvalue weighted by atomic mass is 9.87. The van der Waals surface area contributed by atoms with Crippen molar-refractivity contribution in [2.75, 3.05) is 13.7 Å². The van der Waals surface area contributed by atoms with Crippen LogP contribution in [-0.4, -0.2) is 64.2 Å². The van der Waals surface area contributed by atoms with Crippen LogP contribution in [-0.2, 0) is 19.1 Å². The Hall–Kier alpha value is -1.18. The number of hydrogen-bond donors (Lipinski definition) is 2. The SMILES string of the molecule is COC(=O)[C@]12CO[C@H](C(C)(C)C)N1C(=O)[C@@](C)(O)[C@@H]2O. The zero-order valence-corrected chi connectivity index (χ0v) is 12.3. The monoisotopic (exact) mass is 287 g/mol. The molecule has 2 rings (SSSR count). The Balaban J connectivity index is 2.58. The van der Waals surface area contributed by atoms with Gasteiger partial charge in [0, 0.05) is 5.41 Å². The third kappa shape index (κ3) is 1.63. The van der Waals surface area contributed by atoms with Crippen molar-refractivity contribution in [3.05, 3.63) is 0 Å². The lowest BCUT2D eigenvalue weighted by Gasteiger charge is -2.36. The van der Waals surface area contributed by atoms with Crippen LogP contribution < -0.4 is 0 Å². The van der Waals surface area contributed by atoms with Gasteiger partial charge in [0.25, 0.3) is 5.91 Å². The molecule has 2 N–H and O–H groups in total. The number of esters is 1. The first-order valence-corrected chi connectivity index (χ1v) is 6.45. The summed E-state index contributed by atoms with van der Waals surface area (Å²) >= 11 is 0. The van der Waals surface area contributed by atoms with Gasteiger partial charge in [0.2, 0.25) is 0 Å². The molecule has 7 nitrogen and oxygen atoms in total. The molecule has 0 bridgehead atoms. The Kier molecular flexibility index (Phi) is 3.16. The molecule has 0 radical (unpaired) electrons. The number of rotatable bonds is 1. The van der Waals surface area contributed by atoms with Crippen molar-refractivity contribution in [1.29, 1.82) is 0 Å². The molecule has 2 aliphatic rings. The van der Waals surface area contributed by atoms with E-state index >= 15 is 0 Å². The van der Waals surface area contributed by atoms with Crippen molar-refractivity contribution >= 4 is 11.9 Å². The highest BCUT2D eigenvalue weighted by Gasteiger charge is 2.74. The predicted octanol–water partition coefficient (Wildman–Crippen LogP) is -0.745. The van der Waals surface area contributed by atoms with Crippen molar-refractivity contribution in [2.45, 2.75) is 51.2 Å². The summed E-state index contributed by atoms with van der Waals surface area (Å²) in [6.07, 6.45) is -2.33. The molecule has 0 aromatic heterocycles. The Morgan fingerprint density at radius 3 is 2.50 bits per heavy atom. The van der Waals surface area contributed by atoms with E-state index in [1.807, 2.05) is 20.8 Å². The molecule has 2 fully saturated rings. The number of amides is 1. The predicted molar refractivity (Wildman–Crippen MR) is 67.4 cm³/mol. The van der Waals surface area contributed by atoms with Crippen LogP contribution in [0.25, 0.3) is 0 Å². The number of carbonyl (C=O) groups is 2. The fourth-order valence-electron chi connectivity index (χ4n) is 2.97. The van der Waals surface area contributed by atoms with Crippen molar-refractivity contribution in [1.82, 2.24) is 4.90 Å². The molecule has 0 spiro atoms. The highest BCUT2D eigenvalue weighted by atomic mass is 16.6. The zero-order chi connectivity index (χ0) is 15.5. The summed E-state index contributed by atoms with van der Waals surface area (Å²) < 4.78 is 10.3. The molecule has 0 aliphatic carbocycles. The normalized spacial score (nSPS) is 41.0. The van der Waals surface area contributed by atoms with E-state index in [2.05, 4.69) is 0 Å². The fraction of sp³-hybridized carbons (Fsp3) is 0.846. The number of nitrogens with zero attached hydrogens (tertiary/aromatic N) is 1. The molecule has 4 atom stereocenters. The van der Waals surface area contributed by atoms with Gasteiger partial charge < -0.3 is 19.7 Å². The van der Waals surface area contributed by atoms with Gasteiger partial charge >= 0.3 is 5.97 Å². The first kappa shape index (κ1) is 15.2. The summed E-state index contributed by atoms with van der Waals surface area (Å²) in [6.45, 7) is 6.53. The lowest BCUT2D eigenvalue weighted by molar-refractivity contribution is -0.161. The molecule has 0 unspecified atom stereocenters. The molecular formula is C13H21NO6. The maximum Gasteiger partial charge on any atom is 0.337 e. The summed E-state index contributed by atoms with van der Waals surface area (Å²) in [7, 11) is 1.17. The van der Waals surface area contributed by atoms with Crippen molar-refractivity contribution in [2.24, 2.45) is 5.41 Å². The summed E-state index contributed by atoms with van der Waals surface area (Å²) in [4.78, 5) is 25.7. The molecule has 2 aliphatic heterocycles. The van der Waals surface area contributed by atoms with Crippen LogP contribution >= 0.6 is 0 Å². The molecule has 0 aromatic carbocycles. The van der Waals surface area contributed by atoms with E-state index in [4.69, 9.17) is 9.47 Å². The molecule has 1 amide bonds. The molecule has 2 saturated heterocycles. The van der Waals surface area contributed by atoms with Gasteiger partial charge in [-0.2, -0.15) is 0 Å². The zero-order valence-electron chi connectivity index (χ0n) is 12.3. The second-order valence-electron chi connectivity index (χ2n) is 6.67. The minimum absolute atomic E-state index is 0.204. The van der Waals surface area contributed by atoms with Gasteiger partial charge in [0.05, 0.1) is 13.7 Å². The molecule has 7 heteroatoms. The van der Waals surface area contributed by atoms with E-state index in [0.29, 0.717) is 0 Å². The van der Waals surface area contributed by atoms with Gasteiger partial charge in [0.1, 0.15) is 12.3 Å². The van der Waals surface area contributed by atoms with Crippen molar-refractivity contribution < 1.29 is 29.3 Å². The van der Waals surface area contributed by atoms with Gasteiger partial charge in [-0.15, -0.1) is 0 Å². The average molecular weight is 287 g/mol. The fourth-order valence-corrected chi connectivity index (χ4v) is 2.97. The largest absolute Gasteiger partial charge is 0.467 e. The quantitative estimate of drug-likeness (QED) is 0.616. The van der Waals surface area contributed by atoms with E-state index in [-0.39, 0.29) is 6.61 Å². The second kappa shape index (κ2) is 4.16. The van der Waals surface area contributed by atoms with Gasteiger partial charge in [-0.3, -0.25) is 9.69 Å². The van der Waals surface area contributed by atoms with Gasteiger partial charge in [-0.1, -0.05) is 20.8 Å².